The maximum atomic E-state index is 10.6. The molecular formula is C11H14ClNO2. The van der Waals surface area contributed by atoms with Gasteiger partial charge in [0.1, 0.15) is 6.04 Å². The summed E-state index contributed by atoms with van der Waals surface area (Å²) < 4.78 is 0. The van der Waals surface area contributed by atoms with Crippen LogP contribution in [0.4, 0.5) is 0 Å². The van der Waals surface area contributed by atoms with Crippen molar-refractivity contribution in [1.82, 2.24) is 0 Å². The second kappa shape index (κ2) is 4.64. The maximum Gasteiger partial charge on any atom is 0.320 e. The van der Waals surface area contributed by atoms with E-state index in [0.29, 0.717) is 11.4 Å². The fraction of sp³-hybridized carbons (Fsp3) is 0.364. The number of hydrogen-bond acceptors (Lipinski definition) is 2. The van der Waals surface area contributed by atoms with E-state index < -0.39 is 12.0 Å². The van der Waals surface area contributed by atoms with Gasteiger partial charge < -0.3 is 10.8 Å². The van der Waals surface area contributed by atoms with E-state index in [-0.39, 0.29) is 0 Å². The predicted molar refractivity (Wildman–Crippen MR) is 60.2 cm³/mol. The van der Waals surface area contributed by atoms with Crippen molar-refractivity contribution in [2.24, 2.45) is 5.73 Å². The Morgan fingerprint density at radius 1 is 1.47 bits per heavy atom. The predicted octanol–water partition coefficient (Wildman–Crippen LogP) is 1.91. The first-order chi connectivity index (χ1) is 6.91. The molecule has 3 nitrogen and oxygen atoms in total. The monoisotopic (exact) mass is 227 g/mol. The molecule has 1 aromatic rings. The highest BCUT2D eigenvalue weighted by Gasteiger charge is 2.14. The third kappa shape index (κ3) is 2.94. The molecule has 0 amide bonds. The number of aliphatic carboxylic acids is 1. The van der Waals surface area contributed by atoms with Gasteiger partial charge in [0.2, 0.25) is 0 Å². The molecule has 0 bridgehead atoms. The van der Waals surface area contributed by atoms with E-state index in [4.69, 9.17) is 22.4 Å². The van der Waals surface area contributed by atoms with Gasteiger partial charge in [0.15, 0.2) is 0 Å². The summed E-state index contributed by atoms with van der Waals surface area (Å²) in [6, 6.07) is 2.87. The van der Waals surface area contributed by atoms with Gasteiger partial charge in [-0.05, 0) is 43.0 Å². The largest absolute Gasteiger partial charge is 0.480 e. The van der Waals surface area contributed by atoms with Crippen LogP contribution in [-0.4, -0.2) is 17.1 Å². The number of nitrogens with two attached hydrogens (primary N) is 1. The Morgan fingerprint density at radius 3 is 2.60 bits per heavy atom. The number of carboxylic acids is 1. The van der Waals surface area contributed by atoms with Crippen LogP contribution in [0.15, 0.2) is 12.1 Å². The lowest BCUT2D eigenvalue weighted by molar-refractivity contribution is -0.138. The van der Waals surface area contributed by atoms with Crippen molar-refractivity contribution < 1.29 is 9.90 Å². The quantitative estimate of drug-likeness (QED) is 0.829. The lowest BCUT2D eigenvalue weighted by Gasteiger charge is -2.11. The van der Waals surface area contributed by atoms with Crippen molar-refractivity contribution in [3.05, 3.63) is 33.8 Å². The molecule has 1 unspecified atom stereocenters. The zero-order valence-corrected chi connectivity index (χ0v) is 9.51. The minimum atomic E-state index is -0.984. The van der Waals surface area contributed by atoms with Crippen molar-refractivity contribution in [3.8, 4) is 0 Å². The zero-order valence-electron chi connectivity index (χ0n) is 8.75. The van der Waals surface area contributed by atoms with Crippen molar-refractivity contribution in [1.29, 1.82) is 0 Å². The summed E-state index contributed by atoms with van der Waals surface area (Å²) in [5.41, 5.74) is 8.32. The Hall–Kier alpha value is -1.06. The van der Waals surface area contributed by atoms with Crippen molar-refractivity contribution in [2.75, 3.05) is 0 Å². The number of aryl methyl sites for hydroxylation is 2. The van der Waals surface area contributed by atoms with Crippen LogP contribution in [0.1, 0.15) is 16.7 Å². The van der Waals surface area contributed by atoms with Gasteiger partial charge in [-0.15, -0.1) is 0 Å². The summed E-state index contributed by atoms with van der Waals surface area (Å²) in [5.74, 6) is -0.984. The van der Waals surface area contributed by atoms with E-state index in [2.05, 4.69) is 0 Å². The molecule has 4 heteroatoms. The van der Waals surface area contributed by atoms with Gasteiger partial charge in [0.05, 0.1) is 0 Å². The van der Waals surface area contributed by atoms with Crippen LogP contribution in [0.25, 0.3) is 0 Å². The Kier molecular flexibility index (Phi) is 3.72. The van der Waals surface area contributed by atoms with Crippen LogP contribution in [0.3, 0.4) is 0 Å². The minimum absolute atomic E-state index is 0.333. The van der Waals surface area contributed by atoms with Gasteiger partial charge in [-0.2, -0.15) is 0 Å². The van der Waals surface area contributed by atoms with Crippen LogP contribution in [-0.2, 0) is 11.2 Å². The number of carboxylic acid groups (broad SMARTS) is 1. The second-order valence-corrected chi connectivity index (χ2v) is 4.08. The molecule has 82 valence electrons. The molecule has 0 saturated heterocycles. The molecule has 1 atom stereocenters. The maximum absolute atomic E-state index is 10.6. The highest BCUT2D eigenvalue weighted by molar-refractivity contribution is 6.31. The molecule has 0 heterocycles. The van der Waals surface area contributed by atoms with Crippen LogP contribution >= 0.6 is 11.6 Å². The summed E-state index contributed by atoms with van der Waals surface area (Å²) in [5, 5.41) is 9.40. The fourth-order valence-electron chi connectivity index (χ4n) is 1.38. The molecule has 0 spiro atoms. The molecule has 0 aliphatic heterocycles. The van der Waals surface area contributed by atoms with Crippen LogP contribution in [0.5, 0.6) is 0 Å². The highest BCUT2D eigenvalue weighted by atomic mass is 35.5. The molecule has 0 saturated carbocycles. The molecule has 0 radical (unpaired) electrons. The first-order valence-electron chi connectivity index (χ1n) is 4.66. The molecule has 3 N–H and O–H groups in total. The summed E-state index contributed by atoms with van der Waals surface area (Å²) in [6.45, 7) is 3.78. The number of carbonyl (C=O) groups is 1. The molecule has 0 aromatic heterocycles. The van der Waals surface area contributed by atoms with Gasteiger partial charge in [-0.25, -0.2) is 0 Å². The average molecular weight is 228 g/mol. The molecule has 0 aliphatic rings. The molecule has 15 heavy (non-hydrogen) atoms. The molecule has 0 aliphatic carbocycles. The number of hydrogen-bond donors (Lipinski definition) is 2. The lowest BCUT2D eigenvalue weighted by Crippen LogP contribution is -2.32. The Bertz CT molecular complexity index is 390. The number of rotatable bonds is 3. The van der Waals surface area contributed by atoms with Crippen molar-refractivity contribution >= 4 is 17.6 Å². The van der Waals surface area contributed by atoms with Gasteiger partial charge in [0, 0.05) is 5.02 Å². The third-order valence-corrected chi connectivity index (χ3v) is 2.78. The summed E-state index contributed by atoms with van der Waals surface area (Å²) in [6.07, 6.45) is 0.333. The lowest BCUT2D eigenvalue weighted by atomic mass is 9.99. The first kappa shape index (κ1) is 12.0. The standard InChI is InChI=1S/C11H14ClNO2/c1-6-4-9(12)7(2)3-8(6)5-10(13)11(14)15/h3-4,10H,5,13H2,1-2H3,(H,14,15). The van der Waals surface area contributed by atoms with Gasteiger partial charge in [-0.3, -0.25) is 4.79 Å². The third-order valence-electron chi connectivity index (χ3n) is 2.37. The van der Waals surface area contributed by atoms with Gasteiger partial charge in [-0.1, -0.05) is 17.7 Å². The van der Waals surface area contributed by atoms with E-state index in [0.717, 1.165) is 16.7 Å². The topological polar surface area (TPSA) is 63.3 Å². The fourth-order valence-corrected chi connectivity index (χ4v) is 1.60. The van der Waals surface area contributed by atoms with Gasteiger partial charge >= 0.3 is 5.97 Å². The van der Waals surface area contributed by atoms with Gasteiger partial charge in [0.25, 0.3) is 0 Å². The molecule has 0 fully saturated rings. The van der Waals surface area contributed by atoms with Crippen molar-refractivity contribution in [3.63, 3.8) is 0 Å². The van der Waals surface area contributed by atoms with Crippen molar-refractivity contribution in [2.45, 2.75) is 26.3 Å². The van der Waals surface area contributed by atoms with Crippen LogP contribution in [0.2, 0.25) is 5.02 Å². The van der Waals surface area contributed by atoms with Crippen LogP contribution in [0, 0.1) is 13.8 Å². The summed E-state index contributed by atoms with van der Waals surface area (Å²) in [4.78, 5) is 10.6. The Morgan fingerprint density at radius 2 is 2.07 bits per heavy atom. The summed E-state index contributed by atoms with van der Waals surface area (Å²) >= 11 is 5.94. The second-order valence-electron chi connectivity index (χ2n) is 3.68. The Balaban J connectivity index is 2.95. The van der Waals surface area contributed by atoms with E-state index >= 15 is 0 Å². The highest BCUT2D eigenvalue weighted by Crippen LogP contribution is 2.21. The minimum Gasteiger partial charge on any atom is -0.480 e. The smallest absolute Gasteiger partial charge is 0.320 e. The van der Waals surface area contributed by atoms with E-state index in [1.165, 1.54) is 0 Å². The SMILES string of the molecule is Cc1cc(CC(N)C(=O)O)c(C)cc1Cl. The van der Waals surface area contributed by atoms with E-state index in [1.807, 2.05) is 26.0 Å². The molecular weight excluding hydrogens is 214 g/mol. The number of benzene rings is 1. The summed E-state index contributed by atoms with van der Waals surface area (Å²) in [7, 11) is 0. The number of halogens is 1. The van der Waals surface area contributed by atoms with E-state index in [1.54, 1.807) is 0 Å². The van der Waals surface area contributed by atoms with Crippen LogP contribution < -0.4 is 5.73 Å². The normalized spacial score (nSPS) is 12.5. The van der Waals surface area contributed by atoms with E-state index in [9.17, 15) is 4.79 Å². The molecule has 1 rings (SSSR count). The first-order valence-corrected chi connectivity index (χ1v) is 5.03. The molecule has 1 aromatic carbocycles. The average Bonchev–Trinajstić information content (AvgIpc) is 2.13. The Labute approximate surface area is 93.9 Å². The zero-order chi connectivity index (χ0) is 11.6.